The lowest BCUT2D eigenvalue weighted by Crippen LogP contribution is -2.26. The summed E-state index contributed by atoms with van der Waals surface area (Å²) in [6.07, 6.45) is 2.20. The summed E-state index contributed by atoms with van der Waals surface area (Å²) in [5, 5.41) is 9.80. The molecular weight excluding hydrogens is 168 g/mol. The molecule has 0 unspecified atom stereocenters. The number of allylic oxidation sites excluding steroid dienone is 1. The number of methoxy groups -OCH3 is 1. The van der Waals surface area contributed by atoms with Crippen molar-refractivity contribution in [1.29, 1.82) is 0 Å². The van der Waals surface area contributed by atoms with Gasteiger partial charge >= 0.3 is 0 Å². The van der Waals surface area contributed by atoms with E-state index < -0.39 is 6.10 Å². The van der Waals surface area contributed by atoms with Gasteiger partial charge in [-0.15, -0.1) is 0 Å². The Kier molecular flexibility index (Phi) is 1.82. The molecule has 72 valence electrons. The molecular formula is C10H14O3. The van der Waals surface area contributed by atoms with Gasteiger partial charge in [-0.1, -0.05) is 6.92 Å². The van der Waals surface area contributed by atoms with Crippen molar-refractivity contribution in [1.82, 2.24) is 0 Å². The van der Waals surface area contributed by atoms with Crippen LogP contribution in [0.4, 0.5) is 0 Å². The number of ketones is 1. The fourth-order valence-electron chi connectivity index (χ4n) is 2.44. The van der Waals surface area contributed by atoms with Crippen molar-refractivity contribution in [2.45, 2.75) is 32.0 Å². The van der Waals surface area contributed by atoms with Gasteiger partial charge < -0.3 is 9.84 Å². The van der Waals surface area contributed by atoms with Crippen LogP contribution < -0.4 is 0 Å². The number of fused-ring (bicyclic) bond motifs is 1. The number of carbonyl (C=O) groups is 1. The van der Waals surface area contributed by atoms with Crippen molar-refractivity contribution in [2.24, 2.45) is 5.41 Å². The van der Waals surface area contributed by atoms with Gasteiger partial charge in [-0.3, -0.25) is 4.79 Å². The third-order valence-electron chi connectivity index (χ3n) is 3.32. The molecule has 1 saturated carbocycles. The Labute approximate surface area is 77.4 Å². The van der Waals surface area contributed by atoms with Crippen LogP contribution in [-0.2, 0) is 9.53 Å². The van der Waals surface area contributed by atoms with Crippen molar-refractivity contribution >= 4 is 5.78 Å². The van der Waals surface area contributed by atoms with Crippen molar-refractivity contribution < 1.29 is 14.6 Å². The van der Waals surface area contributed by atoms with Crippen LogP contribution in [0, 0.1) is 5.41 Å². The molecule has 3 atom stereocenters. The summed E-state index contributed by atoms with van der Waals surface area (Å²) in [6, 6.07) is 0. The maximum atomic E-state index is 11.2. The number of carbonyl (C=O) groups excluding carboxylic acids is 1. The van der Waals surface area contributed by atoms with Gasteiger partial charge in [-0.25, -0.2) is 0 Å². The molecule has 1 fully saturated rings. The SMILES string of the molecule is CO[C@@H]1C[C@@H](O)[C@@]2(C)CC(=O)C=C12. The molecule has 0 radical (unpaired) electrons. The third kappa shape index (κ3) is 1.07. The largest absolute Gasteiger partial charge is 0.392 e. The Morgan fingerprint density at radius 2 is 2.38 bits per heavy atom. The summed E-state index contributed by atoms with van der Waals surface area (Å²) < 4.78 is 5.23. The monoisotopic (exact) mass is 182 g/mol. The second-order valence-electron chi connectivity index (χ2n) is 4.14. The number of ether oxygens (including phenoxy) is 1. The molecule has 2 rings (SSSR count). The molecule has 13 heavy (non-hydrogen) atoms. The standard InChI is InChI=1S/C10H14O3/c1-10-5-6(11)3-7(10)8(13-2)4-9(10)12/h3,8-9,12H,4-5H2,1-2H3/t8-,9-,10+/m1/s1. The van der Waals surface area contributed by atoms with Crippen molar-refractivity contribution in [3.8, 4) is 0 Å². The quantitative estimate of drug-likeness (QED) is 0.648. The van der Waals surface area contributed by atoms with Gasteiger partial charge in [0.25, 0.3) is 0 Å². The molecule has 3 heteroatoms. The van der Waals surface area contributed by atoms with Crippen LogP contribution in [0.5, 0.6) is 0 Å². The highest BCUT2D eigenvalue weighted by atomic mass is 16.5. The first kappa shape index (κ1) is 8.91. The molecule has 2 aliphatic carbocycles. The summed E-state index contributed by atoms with van der Waals surface area (Å²) in [4.78, 5) is 11.2. The van der Waals surface area contributed by atoms with Crippen molar-refractivity contribution in [2.75, 3.05) is 7.11 Å². The number of hydrogen-bond donors (Lipinski definition) is 1. The van der Waals surface area contributed by atoms with E-state index in [1.807, 2.05) is 6.92 Å². The Morgan fingerprint density at radius 3 is 3.00 bits per heavy atom. The lowest BCUT2D eigenvalue weighted by molar-refractivity contribution is -0.116. The molecule has 0 bridgehead atoms. The lowest BCUT2D eigenvalue weighted by Gasteiger charge is -2.24. The predicted octanol–water partition coefficient (Wildman–Crippen LogP) is 0.671. The van der Waals surface area contributed by atoms with E-state index in [0.717, 1.165) is 5.57 Å². The summed E-state index contributed by atoms with van der Waals surface area (Å²) in [5.74, 6) is 0.110. The molecule has 1 N–H and O–H groups in total. The van der Waals surface area contributed by atoms with E-state index in [2.05, 4.69) is 0 Å². The Hall–Kier alpha value is -0.670. The molecule has 2 aliphatic rings. The normalized spacial score (nSPS) is 43.6. The molecule has 0 aromatic carbocycles. The summed E-state index contributed by atoms with van der Waals surface area (Å²) in [7, 11) is 1.62. The minimum Gasteiger partial charge on any atom is -0.392 e. The maximum Gasteiger partial charge on any atom is 0.156 e. The molecule has 0 aromatic heterocycles. The fourth-order valence-corrected chi connectivity index (χ4v) is 2.44. The highest BCUT2D eigenvalue weighted by Gasteiger charge is 2.51. The fraction of sp³-hybridized carbons (Fsp3) is 0.700. The zero-order valence-electron chi connectivity index (χ0n) is 7.91. The van der Waals surface area contributed by atoms with E-state index in [-0.39, 0.29) is 17.3 Å². The van der Waals surface area contributed by atoms with E-state index in [1.165, 1.54) is 0 Å². The second kappa shape index (κ2) is 2.66. The molecule has 0 saturated heterocycles. The minimum absolute atomic E-state index is 0.0635. The number of aliphatic hydroxyl groups is 1. The van der Waals surface area contributed by atoms with Crippen LogP contribution in [0.25, 0.3) is 0 Å². The molecule has 0 heterocycles. The Bertz CT molecular complexity index is 282. The maximum absolute atomic E-state index is 11.2. The number of rotatable bonds is 1. The first-order valence-corrected chi connectivity index (χ1v) is 4.53. The van der Waals surface area contributed by atoms with Crippen LogP contribution in [0.15, 0.2) is 11.6 Å². The molecule has 0 aromatic rings. The molecule has 3 nitrogen and oxygen atoms in total. The summed E-state index contributed by atoms with van der Waals surface area (Å²) in [5.41, 5.74) is 0.630. The predicted molar refractivity (Wildman–Crippen MR) is 47.2 cm³/mol. The van der Waals surface area contributed by atoms with E-state index in [9.17, 15) is 9.90 Å². The average molecular weight is 182 g/mol. The summed E-state index contributed by atoms with van der Waals surface area (Å²) in [6.45, 7) is 1.94. The van der Waals surface area contributed by atoms with Crippen molar-refractivity contribution in [3.63, 3.8) is 0 Å². The van der Waals surface area contributed by atoms with Crippen LogP contribution in [0.2, 0.25) is 0 Å². The smallest absolute Gasteiger partial charge is 0.156 e. The van der Waals surface area contributed by atoms with Crippen LogP contribution >= 0.6 is 0 Å². The van der Waals surface area contributed by atoms with E-state index in [1.54, 1.807) is 13.2 Å². The van der Waals surface area contributed by atoms with Gasteiger partial charge in [-0.2, -0.15) is 0 Å². The zero-order valence-corrected chi connectivity index (χ0v) is 7.91. The minimum atomic E-state index is -0.435. The zero-order chi connectivity index (χ0) is 9.64. The summed E-state index contributed by atoms with van der Waals surface area (Å²) >= 11 is 0. The number of hydrogen-bond acceptors (Lipinski definition) is 3. The Balaban J connectivity index is 2.37. The Morgan fingerprint density at radius 1 is 1.69 bits per heavy atom. The highest BCUT2D eigenvalue weighted by Crippen LogP contribution is 2.50. The van der Waals surface area contributed by atoms with E-state index in [0.29, 0.717) is 12.8 Å². The first-order chi connectivity index (χ1) is 6.08. The van der Waals surface area contributed by atoms with Crippen LogP contribution in [0.1, 0.15) is 19.8 Å². The van der Waals surface area contributed by atoms with Crippen LogP contribution in [0.3, 0.4) is 0 Å². The van der Waals surface area contributed by atoms with Gasteiger partial charge in [0.2, 0.25) is 0 Å². The van der Waals surface area contributed by atoms with Gasteiger partial charge in [0.15, 0.2) is 5.78 Å². The van der Waals surface area contributed by atoms with Gasteiger partial charge in [0.1, 0.15) is 0 Å². The first-order valence-electron chi connectivity index (χ1n) is 4.53. The molecule has 0 amide bonds. The average Bonchev–Trinajstić information content (AvgIpc) is 2.47. The topological polar surface area (TPSA) is 46.5 Å². The van der Waals surface area contributed by atoms with Gasteiger partial charge in [0.05, 0.1) is 12.2 Å². The van der Waals surface area contributed by atoms with Gasteiger partial charge in [-0.05, 0) is 11.6 Å². The van der Waals surface area contributed by atoms with Crippen molar-refractivity contribution in [3.05, 3.63) is 11.6 Å². The molecule has 0 spiro atoms. The van der Waals surface area contributed by atoms with E-state index >= 15 is 0 Å². The number of aliphatic hydroxyl groups excluding tert-OH is 1. The van der Waals surface area contributed by atoms with Gasteiger partial charge in [0, 0.05) is 25.4 Å². The lowest BCUT2D eigenvalue weighted by atomic mass is 9.83. The molecule has 0 aliphatic heterocycles. The third-order valence-corrected chi connectivity index (χ3v) is 3.32. The highest BCUT2D eigenvalue weighted by molar-refractivity contribution is 5.95. The van der Waals surface area contributed by atoms with E-state index in [4.69, 9.17) is 4.74 Å². The second-order valence-corrected chi connectivity index (χ2v) is 4.14. The van der Waals surface area contributed by atoms with Crippen LogP contribution in [-0.4, -0.2) is 30.2 Å².